The third kappa shape index (κ3) is 3.66. The summed E-state index contributed by atoms with van der Waals surface area (Å²) in [6.07, 6.45) is 5.84. The van der Waals surface area contributed by atoms with Crippen molar-refractivity contribution in [2.45, 2.75) is 65.5 Å². The maximum Gasteiger partial charge on any atom is 0.241 e. The topological polar surface area (TPSA) is 32.8 Å². The zero-order valence-corrected chi connectivity index (χ0v) is 16.8. The Kier molecular flexibility index (Phi) is 5.42. The molecule has 1 aromatic carbocycles. The van der Waals surface area contributed by atoms with Gasteiger partial charge in [-0.05, 0) is 77.8 Å². The zero-order valence-electron chi connectivity index (χ0n) is 16.8. The minimum atomic E-state index is -0.333. The summed E-state index contributed by atoms with van der Waals surface area (Å²) >= 11 is 0. The molecule has 1 amide bonds. The number of hydrogen-bond acceptors (Lipinski definition) is 3. The van der Waals surface area contributed by atoms with Crippen molar-refractivity contribution in [3.8, 4) is 5.75 Å². The molecule has 0 saturated carbocycles. The van der Waals surface area contributed by atoms with Crippen molar-refractivity contribution in [2.24, 2.45) is 0 Å². The molecule has 26 heavy (non-hydrogen) atoms. The first-order valence-corrected chi connectivity index (χ1v) is 9.87. The molecule has 0 aromatic heterocycles. The van der Waals surface area contributed by atoms with Gasteiger partial charge in [0.25, 0.3) is 0 Å². The molecular weight excluding hydrogens is 324 g/mol. The Morgan fingerprint density at radius 1 is 1.31 bits per heavy atom. The number of carbonyl (C=O) groups is 1. The lowest BCUT2D eigenvalue weighted by molar-refractivity contribution is -0.121. The molecule has 2 heterocycles. The first-order chi connectivity index (χ1) is 12.3. The molecule has 0 radical (unpaired) electrons. The van der Waals surface area contributed by atoms with Gasteiger partial charge < -0.3 is 9.64 Å². The maximum atomic E-state index is 13.3. The van der Waals surface area contributed by atoms with Crippen LogP contribution in [0.3, 0.4) is 0 Å². The Bertz CT molecular complexity index is 708. The van der Waals surface area contributed by atoms with Crippen molar-refractivity contribution in [2.75, 3.05) is 24.6 Å². The summed E-state index contributed by atoms with van der Waals surface area (Å²) in [6, 6.07) is 6.55. The van der Waals surface area contributed by atoms with Crippen LogP contribution in [-0.4, -0.2) is 42.1 Å². The molecule has 0 unspecified atom stereocenters. The van der Waals surface area contributed by atoms with Crippen LogP contribution in [0.25, 0.3) is 5.57 Å². The van der Waals surface area contributed by atoms with E-state index >= 15 is 0 Å². The Balaban J connectivity index is 1.91. The van der Waals surface area contributed by atoms with Crippen molar-refractivity contribution in [1.29, 1.82) is 0 Å². The third-order valence-electron chi connectivity index (χ3n) is 5.62. The van der Waals surface area contributed by atoms with Crippen LogP contribution in [0.15, 0.2) is 24.3 Å². The maximum absolute atomic E-state index is 13.3. The average Bonchev–Trinajstić information content (AvgIpc) is 2.57. The molecule has 0 spiro atoms. The second kappa shape index (κ2) is 7.43. The molecule has 0 aliphatic carbocycles. The van der Waals surface area contributed by atoms with Crippen molar-refractivity contribution in [3.63, 3.8) is 0 Å². The predicted octanol–water partition coefficient (Wildman–Crippen LogP) is 4.49. The summed E-state index contributed by atoms with van der Waals surface area (Å²) in [5.41, 5.74) is 2.95. The number of amides is 1. The van der Waals surface area contributed by atoms with Crippen LogP contribution < -0.4 is 9.64 Å². The van der Waals surface area contributed by atoms with E-state index in [-0.39, 0.29) is 11.4 Å². The average molecular weight is 357 g/mol. The summed E-state index contributed by atoms with van der Waals surface area (Å²) in [5, 5.41) is 0. The van der Waals surface area contributed by atoms with E-state index in [4.69, 9.17) is 4.74 Å². The number of anilines is 1. The minimum absolute atomic E-state index is 0.179. The lowest BCUT2D eigenvalue weighted by Crippen LogP contribution is -2.53. The second-order valence-electron chi connectivity index (χ2n) is 8.14. The third-order valence-corrected chi connectivity index (χ3v) is 5.62. The van der Waals surface area contributed by atoms with E-state index in [2.05, 4.69) is 44.7 Å². The van der Waals surface area contributed by atoms with Crippen molar-refractivity contribution in [1.82, 2.24) is 4.90 Å². The summed E-state index contributed by atoms with van der Waals surface area (Å²) in [6.45, 7) is 12.7. The molecule has 1 saturated heterocycles. The van der Waals surface area contributed by atoms with Gasteiger partial charge in [0.15, 0.2) is 0 Å². The number of fused-ring (bicyclic) bond motifs is 1. The Labute approximate surface area is 157 Å². The van der Waals surface area contributed by atoms with Gasteiger partial charge >= 0.3 is 0 Å². The number of benzene rings is 1. The predicted molar refractivity (Wildman–Crippen MR) is 108 cm³/mol. The number of carbonyl (C=O) groups excluding carboxylic acids is 1. The molecule has 142 valence electrons. The number of rotatable bonds is 4. The Hall–Kier alpha value is -1.81. The fourth-order valence-corrected chi connectivity index (χ4v) is 4.36. The molecule has 3 rings (SSSR count). The highest BCUT2D eigenvalue weighted by Gasteiger charge is 2.37. The second-order valence-corrected chi connectivity index (χ2v) is 8.14. The van der Waals surface area contributed by atoms with Gasteiger partial charge in [0.1, 0.15) is 5.75 Å². The van der Waals surface area contributed by atoms with E-state index in [9.17, 15) is 4.79 Å². The van der Waals surface area contributed by atoms with Gasteiger partial charge in [0.2, 0.25) is 5.91 Å². The van der Waals surface area contributed by atoms with E-state index < -0.39 is 0 Å². The molecule has 1 fully saturated rings. The summed E-state index contributed by atoms with van der Waals surface area (Å²) < 4.78 is 5.66. The molecule has 4 nitrogen and oxygen atoms in total. The molecule has 0 N–H and O–H groups in total. The van der Waals surface area contributed by atoms with Gasteiger partial charge in [-0.25, -0.2) is 0 Å². The van der Waals surface area contributed by atoms with Gasteiger partial charge in [0.05, 0.1) is 24.4 Å². The van der Waals surface area contributed by atoms with Crippen LogP contribution in [0.4, 0.5) is 5.69 Å². The van der Waals surface area contributed by atoms with Gasteiger partial charge in [-0.3, -0.25) is 9.69 Å². The van der Waals surface area contributed by atoms with Gasteiger partial charge in [-0.15, -0.1) is 0 Å². The number of ether oxygens (including phenoxy) is 1. The molecule has 1 atom stereocenters. The molecule has 1 aromatic rings. The van der Waals surface area contributed by atoms with E-state index in [1.807, 2.05) is 24.0 Å². The van der Waals surface area contributed by atoms with Crippen molar-refractivity contribution >= 4 is 17.2 Å². The summed E-state index contributed by atoms with van der Waals surface area (Å²) in [4.78, 5) is 17.6. The van der Waals surface area contributed by atoms with Crippen LogP contribution in [-0.2, 0) is 4.79 Å². The van der Waals surface area contributed by atoms with Crippen LogP contribution in [0.2, 0.25) is 0 Å². The number of likely N-dealkylation sites (tertiary alicyclic amines) is 1. The van der Waals surface area contributed by atoms with Gasteiger partial charge in [-0.1, -0.05) is 12.5 Å². The molecule has 0 bridgehead atoms. The lowest BCUT2D eigenvalue weighted by Gasteiger charge is -2.43. The lowest BCUT2D eigenvalue weighted by atomic mass is 9.88. The fraction of sp³-hybridized carbons (Fsp3) is 0.591. The van der Waals surface area contributed by atoms with Gasteiger partial charge in [-0.2, -0.15) is 0 Å². The quantitative estimate of drug-likeness (QED) is 0.797. The van der Waals surface area contributed by atoms with Crippen LogP contribution in [0.5, 0.6) is 5.75 Å². The number of allylic oxidation sites excluding steroid dienone is 1. The summed E-state index contributed by atoms with van der Waals surface area (Å²) in [7, 11) is 0. The zero-order chi connectivity index (χ0) is 18.9. The largest absolute Gasteiger partial charge is 0.494 e. The van der Waals surface area contributed by atoms with E-state index in [1.165, 1.54) is 24.8 Å². The van der Waals surface area contributed by atoms with E-state index in [0.717, 1.165) is 23.5 Å². The van der Waals surface area contributed by atoms with Crippen molar-refractivity contribution < 1.29 is 9.53 Å². The Morgan fingerprint density at radius 2 is 2.08 bits per heavy atom. The highest BCUT2D eigenvalue weighted by atomic mass is 16.5. The van der Waals surface area contributed by atoms with Crippen LogP contribution in [0, 0.1) is 0 Å². The molecular formula is C22H32N2O2. The fourth-order valence-electron chi connectivity index (χ4n) is 4.36. The van der Waals surface area contributed by atoms with E-state index in [1.54, 1.807) is 0 Å². The SMILES string of the molecule is CCOc1ccc2c(c1)C(C)=CC(C)(C)N2C(=O)CN1CCCC[C@@H]1C. The monoisotopic (exact) mass is 356 g/mol. The molecule has 2 aliphatic heterocycles. The summed E-state index contributed by atoms with van der Waals surface area (Å²) in [5.74, 6) is 1.04. The van der Waals surface area contributed by atoms with Crippen LogP contribution in [0.1, 0.15) is 59.4 Å². The normalized spacial score (nSPS) is 22.6. The standard InChI is InChI=1S/C22H32N2O2/c1-6-26-18-10-11-20-19(13-18)16(2)14-22(4,5)24(20)21(25)15-23-12-8-7-9-17(23)3/h10-11,13-14,17H,6-9,12,15H2,1-5H3/t17-/m0/s1. The number of piperidine rings is 1. The number of hydrogen-bond donors (Lipinski definition) is 0. The van der Waals surface area contributed by atoms with Crippen LogP contribution >= 0.6 is 0 Å². The smallest absolute Gasteiger partial charge is 0.241 e. The first-order valence-electron chi connectivity index (χ1n) is 9.87. The van der Waals surface area contributed by atoms with Crippen molar-refractivity contribution in [3.05, 3.63) is 29.8 Å². The van der Waals surface area contributed by atoms with E-state index in [0.29, 0.717) is 19.2 Å². The minimum Gasteiger partial charge on any atom is -0.494 e. The highest BCUT2D eigenvalue weighted by molar-refractivity contribution is 6.01. The number of nitrogens with zero attached hydrogens (tertiary/aromatic N) is 2. The molecule has 2 aliphatic rings. The highest BCUT2D eigenvalue weighted by Crippen LogP contribution is 2.40. The van der Waals surface area contributed by atoms with Gasteiger partial charge in [0, 0.05) is 11.6 Å². The first kappa shape index (κ1) is 19.0. The Morgan fingerprint density at radius 3 is 2.77 bits per heavy atom. The molecule has 4 heteroatoms.